The molecule has 1 unspecified atom stereocenters. The predicted octanol–water partition coefficient (Wildman–Crippen LogP) is 3.81. The predicted molar refractivity (Wildman–Crippen MR) is 68.2 cm³/mol. The fourth-order valence-electron chi connectivity index (χ4n) is 1.67. The molecule has 1 nitrogen and oxygen atoms in total. The zero-order valence-electron chi connectivity index (χ0n) is 8.52. The van der Waals surface area contributed by atoms with Crippen molar-refractivity contribution in [1.82, 2.24) is 0 Å². The molecule has 1 N–H and O–H groups in total. The molecular weight excluding hydrogens is 277 g/mol. The minimum atomic E-state index is -0.200. The van der Waals surface area contributed by atoms with Crippen LogP contribution < -0.4 is 5.32 Å². The highest BCUT2D eigenvalue weighted by Crippen LogP contribution is 2.27. The zero-order chi connectivity index (χ0) is 10.8. The number of aryl methyl sites for hydroxylation is 1. The van der Waals surface area contributed by atoms with Gasteiger partial charge in [0, 0.05) is 17.5 Å². The van der Waals surface area contributed by atoms with Crippen LogP contribution in [0.2, 0.25) is 0 Å². The Kier molecular flexibility index (Phi) is 3.57. The van der Waals surface area contributed by atoms with E-state index < -0.39 is 0 Å². The van der Waals surface area contributed by atoms with Crippen LogP contribution in [0.1, 0.15) is 12.0 Å². The Balaban J connectivity index is 2.16. The lowest BCUT2D eigenvalue weighted by Gasteiger charge is -2.15. The fraction of sp³-hybridized carbons (Fsp3) is 0.455. The SMILES string of the molecule is Cc1cc(Br)c(F)cc1NC1CCSC1. The van der Waals surface area contributed by atoms with E-state index in [-0.39, 0.29) is 5.82 Å². The van der Waals surface area contributed by atoms with Crippen LogP contribution in [0, 0.1) is 12.7 Å². The van der Waals surface area contributed by atoms with Gasteiger partial charge in [-0.25, -0.2) is 4.39 Å². The maximum Gasteiger partial charge on any atom is 0.139 e. The number of anilines is 1. The summed E-state index contributed by atoms with van der Waals surface area (Å²) in [4.78, 5) is 0. The summed E-state index contributed by atoms with van der Waals surface area (Å²) in [6.07, 6.45) is 1.17. The number of benzene rings is 1. The number of hydrogen-bond acceptors (Lipinski definition) is 2. The molecule has 0 bridgehead atoms. The average Bonchev–Trinajstić information content (AvgIpc) is 2.67. The Morgan fingerprint density at radius 2 is 2.33 bits per heavy atom. The molecule has 0 aliphatic carbocycles. The summed E-state index contributed by atoms with van der Waals surface area (Å²) >= 11 is 5.14. The van der Waals surface area contributed by atoms with Crippen molar-refractivity contribution in [2.45, 2.75) is 19.4 Å². The van der Waals surface area contributed by atoms with Crippen LogP contribution in [0.4, 0.5) is 10.1 Å². The summed E-state index contributed by atoms with van der Waals surface area (Å²) in [5.41, 5.74) is 2.00. The standard InChI is InChI=1S/C11H13BrFNS/c1-7-4-9(12)10(13)5-11(7)14-8-2-3-15-6-8/h4-5,8,14H,2-3,6H2,1H3. The molecule has 15 heavy (non-hydrogen) atoms. The van der Waals surface area contributed by atoms with Crippen molar-refractivity contribution in [1.29, 1.82) is 0 Å². The molecule has 1 saturated heterocycles. The van der Waals surface area contributed by atoms with Crippen molar-refractivity contribution in [2.75, 3.05) is 16.8 Å². The Bertz CT molecular complexity index is 364. The van der Waals surface area contributed by atoms with Crippen LogP contribution in [0.15, 0.2) is 16.6 Å². The molecule has 0 amide bonds. The van der Waals surface area contributed by atoms with Crippen molar-refractivity contribution >= 4 is 33.4 Å². The minimum Gasteiger partial charge on any atom is -0.381 e. The molecule has 1 aliphatic heterocycles. The molecule has 4 heteroatoms. The van der Waals surface area contributed by atoms with Crippen molar-refractivity contribution in [3.8, 4) is 0 Å². The smallest absolute Gasteiger partial charge is 0.139 e. The van der Waals surface area contributed by atoms with Gasteiger partial charge in [-0.3, -0.25) is 0 Å². The van der Waals surface area contributed by atoms with E-state index in [0.717, 1.165) is 17.0 Å². The van der Waals surface area contributed by atoms with Gasteiger partial charge in [0.25, 0.3) is 0 Å². The fourth-order valence-corrected chi connectivity index (χ4v) is 3.28. The maximum absolute atomic E-state index is 13.3. The summed E-state index contributed by atoms with van der Waals surface area (Å²) in [5, 5.41) is 3.40. The zero-order valence-corrected chi connectivity index (χ0v) is 10.9. The Labute approximate surface area is 102 Å². The lowest BCUT2D eigenvalue weighted by Crippen LogP contribution is -2.18. The van der Waals surface area contributed by atoms with Crippen molar-refractivity contribution in [2.24, 2.45) is 0 Å². The molecule has 1 aromatic rings. The number of rotatable bonds is 2. The Morgan fingerprint density at radius 1 is 1.53 bits per heavy atom. The van der Waals surface area contributed by atoms with Gasteiger partial charge in [-0.15, -0.1) is 0 Å². The first-order valence-corrected chi connectivity index (χ1v) is 6.91. The molecule has 1 aromatic carbocycles. The van der Waals surface area contributed by atoms with Crippen molar-refractivity contribution < 1.29 is 4.39 Å². The third-order valence-corrected chi connectivity index (χ3v) is 4.33. The summed E-state index contributed by atoms with van der Waals surface area (Å²) in [6.45, 7) is 1.99. The molecular formula is C11H13BrFNS. The molecule has 2 rings (SSSR count). The largest absolute Gasteiger partial charge is 0.381 e. The van der Waals surface area contributed by atoms with Gasteiger partial charge in [0.1, 0.15) is 5.82 Å². The van der Waals surface area contributed by atoms with Crippen LogP contribution in [-0.2, 0) is 0 Å². The van der Waals surface area contributed by atoms with Gasteiger partial charge in [0.15, 0.2) is 0 Å². The van der Waals surface area contributed by atoms with Gasteiger partial charge in [-0.2, -0.15) is 11.8 Å². The summed E-state index contributed by atoms with van der Waals surface area (Å²) in [7, 11) is 0. The van der Waals surface area contributed by atoms with Crippen molar-refractivity contribution in [3.63, 3.8) is 0 Å². The number of halogens is 2. The molecule has 1 heterocycles. The second kappa shape index (κ2) is 4.74. The van der Waals surface area contributed by atoms with Crippen LogP contribution in [-0.4, -0.2) is 17.5 Å². The third kappa shape index (κ3) is 2.67. The quantitative estimate of drug-likeness (QED) is 0.888. The monoisotopic (exact) mass is 289 g/mol. The van der Waals surface area contributed by atoms with E-state index in [2.05, 4.69) is 21.2 Å². The maximum atomic E-state index is 13.3. The number of hydrogen-bond donors (Lipinski definition) is 1. The summed E-state index contributed by atoms with van der Waals surface area (Å²) < 4.78 is 13.9. The first kappa shape index (κ1) is 11.3. The molecule has 82 valence electrons. The molecule has 1 aliphatic rings. The second-order valence-corrected chi connectivity index (χ2v) is 5.79. The van der Waals surface area contributed by atoms with Gasteiger partial charge < -0.3 is 5.32 Å². The van der Waals surface area contributed by atoms with E-state index in [1.807, 2.05) is 24.8 Å². The molecule has 1 fully saturated rings. The van der Waals surface area contributed by atoms with E-state index in [1.54, 1.807) is 6.07 Å². The number of nitrogens with one attached hydrogen (secondary N) is 1. The number of thioether (sulfide) groups is 1. The lowest BCUT2D eigenvalue weighted by molar-refractivity contribution is 0.620. The van der Waals surface area contributed by atoms with Crippen LogP contribution in [0.25, 0.3) is 0 Å². The van der Waals surface area contributed by atoms with Gasteiger partial charge >= 0.3 is 0 Å². The second-order valence-electron chi connectivity index (χ2n) is 3.79. The van der Waals surface area contributed by atoms with Gasteiger partial charge in [-0.05, 0) is 52.7 Å². The Morgan fingerprint density at radius 3 is 3.00 bits per heavy atom. The molecule has 0 saturated carbocycles. The normalized spacial score (nSPS) is 20.6. The highest BCUT2D eigenvalue weighted by molar-refractivity contribution is 9.10. The highest BCUT2D eigenvalue weighted by atomic mass is 79.9. The highest BCUT2D eigenvalue weighted by Gasteiger charge is 2.16. The summed E-state index contributed by atoms with van der Waals surface area (Å²) in [6, 6.07) is 3.89. The van der Waals surface area contributed by atoms with E-state index in [0.29, 0.717) is 10.5 Å². The van der Waals surface area contributed by atoms with Gasteiger partial charge in [0.05, 0.1) is 4.47 Å². The van der Waals surface area contributed by atoms with Gasteiger partial charge in [0.2, 0.25) is 0 Å². The first-order valence-electron chi connectivity index (χ1n) is 4.97. The van der Waals surface area contributed by atoms with Crippen LogP contribution in [0.3, 0.4) is 0 Å². The summed E-state index contributed by atoms with van der Waals surface area (Å²) in [5.74, 6) is 2.13. The van der Waals surface area contributed by atoms with Crippen LogP contribution in [0.5, 0.6) is 0 Å². The topological polar surface area (TPSA) is 12.0 Å². The minimum absolute atomic E-state index is 0.200. The van der Waals surface area contributed by atoms with E-state index in [1.165, 1.54) is 12.2 Å². The molecule has 0 radical (unpaired) electrons. The molecule has 0 aromatic heterocycles. The lowest BCUT2D eigenvalue weighted by atomic mass is 10.1. The van der Waals surface area contributed by atoms with E-state index >= 15 is 0 Å². The first-order chi connectivity index (χ1) is 7.16. The molecule has 0 spiro atoms. The molecule has 1 atom stereocenters. The Hall–Kier alpha value is -0.220. The van der Waals surface area contributed by atoms with E-state index in [9.17, 15) is 4.39 Å². The van der Waals surface area contributed by atoms with Crippen molar-refractivity contribution in [3.05, 3.63) is 28.0 Å². The third-order valence-electron chi connectivity index (χ3n) is 2.56. The van der Waals surface area contributed by atoms with Crippen LogP contribution >= 0.6 is 27.7 Å². The van der Waals surface area contributed by atoms with Gasteiger partial charge in [-0.1, -0.05) is 0 Å². The average molecular weight is 290 g/mol. The van der Waals surface area contributed by atoms with E-state index in [4.69, 9.17) is 0 Å².